The lowest BCUT2D eigenvalue weighted by Gasteiger charge is -2.15. The van der Waals surface area contributed by atoms with Gasteiger partial charge in [0.15, 0.2) is 0 Å². The average Bonchev–Trinajstić information content (AvgIpc) is 2.68. The molecule has 0 aliphatic carbocycles. The monoisotopic (exact) mass is 402 g/mol. The molecule has 0 saturated heterocycles. The maximum Gasteiger partial charge on any atom is 0.261 e. The fraction of sp³-hybridized carbons (Fsp3) is 0.409. The van der Waals surface area contributed by atoms with Crippen LogP contribution >= 0.6 is 0 Å². The first-order chi connectivity index (χ1) is 13.4. The van der Waals surface area contributed by atoms with Gasteiger partial charge in [0, 0.05) is 17.8 Å². The van der Waals surface area contributed by atoms with Gasteiger partial charge in [-0.25, -0.2) is 8.42 Å². The predicted molar refractivity (Wildman–Crippen MR) is 114 cm³/mol. The van der Waals surface area contributed by atoms with Crippen molar-refractivity contribution in [3.63, 3.8) is 0 Å². The molecule has 152 valence electrons. The normalized spacial score (nSPS) is 12.4. The summed E-state index contributed by atoms with van der Waals surface area (Å²) in [5.74, 6) is 0.354. The number of carbonyl (C=O) groups excluding carboxylic acids is 1. The SMILES string of the molecule is CCCC[C@H](CC)CNC(=O)c1ccc(NS(=O)(=O)c2ccc(C)cc2)cc1. The van der Waals surface area contributed by atoms with E-state index in [0.717, 1.165) is 24.8 Å². The number of unbranched alkanes of at least 4 members (excludes halogenated alkanes) is 1. The lowest BCUT2D eigenvalue weighted by Crippen LogP contribution is -2.29. The molecule has 6 heteroatoms. The van der Waals surface area contributed by atoms with E-state index in [-0.39, 0.29) is 10.8 Å². The van der Waals surface area contributed by atoms with Gasteiger partial charge in [-0.2, -0.15) is 0 Å². The van der Waals surface area contributed by atoms with Gasteiger partial charge in [0.05, 0.1) is 4.90 Å². The van der Waals surface area contributed by atoms with E-state index in [1.807, 2.05) is 6.92 Å². The van der Waals surface area contributed by atoms with Gasteiger partial charge < -0.3 is 5.32 Å². The van der Waals surface area contributed by atoms with Crippen LogP contribution in [0.15, 0.2) is 53.4 Å². The van der Waals surface area contributed by atoms with Crippen LogP contribution in [0.25, 0.3) is 0 Å². The van der Waals surface area contributed by atoms with Crippen LogP contribution in [0, 0.1) is 12.8 Å². The Labute approximate surface area is 168 Å². The Bertz CT molecular complexity index is 860. The van der Waals surface area contributed by atoms with E-state index in [1.54, 1.807) is 48.5 Å². The average molecular weight is 403 g/mol. The molecule has 2 aromatic rings. The van der Waals surface area contributed by atoms with E-state index >= 15 is 0 Å². The van der Waals surface area contributed by atoms with Gasteiger partial charge in [-0.1, -0.05) is 50.8 Å². The third kappa shape index (κ3) is 6.37. The minimum Gasteiger partial charge on any atom is -0.352 e. The molecule has 0 fully saturated rings. The Morgan fingerprint density at radius 3 is 2.21 bits per heavy atom. The zero-order valence-corrected chi connectivity index (χ0v) is 17.7. The smallest absolute Gasteiger partial charge is 0.261 e. The summed E-state index contributed by atoms with van der Waals surface area (Å²) in [7, 11) is -3.65. The molecule has 1 atom stereocenters. The molecular formula is C22H30N2O3S. The minimum atomic E-state index is -3.65. The third-order valence-corrected chi connectivity index (χ3v) is 6.22. The Morgan fingerprint density at radius 2 is 1.64 bits per heavy atom. The number of rotatable bonds is 10. The van der Waals surface area contributed by atoms with Gasteiger partial charge in [0.2, 0.25) is 0 Å². The van der Waals surface area contributed by atoms with E-state index in [9.17, 15) is 13.2 Å². The summed E-state index contributed by atoms with van der Waals surface area (Å²) in [6.45, 7) is 6.87. The molecule has 0 heterocycles. The molecular weight excluding hydrogens is 372 g/mol. The molecule has 0 spiro atoms. The van der Waals surface area contributed by atoms with Gasteiger partial charge >= 0.3 is 0 Å². The summed E-state index contributed by atoms with van der Waals surface area (Å²) in [4.78, 5) is 12.5. The molecule has 0 radical (unpaired) electrons. The molecule has 5 nitrogen and oxygen atoms in total. The van der Waals surface area contributed by atoms with Gasteiger partial charge in [0.1, 0.15) is 0 Å². The molecule has 2 N–H and O–H groups in total. The van der Waals surface area contributed by atoms with Crippen molar-refractivity contribution in [1.82, 2.24) is 5.32 Å². The van der Waals surface area contributed by atoms with Crippen LogP contribution in [0.4, 0.5) is 5.69 Å². The molecule has 0 aromatic heterocycles. The van der Waals surface area contributed by atoms with Gasteiger partial charge in [-0.3, -0.25) is 9.52 Å². The highest BCUT2D eigenvalue weighted by atomic mass is 32.2. The Morgan fingerprint density at radius 1 is 1.00 bits per heavy atom. The molecule has 0 aliphatic rings. The summed E-state index contributed by atoms with van der Waals surface area (Å²) in [6, 6.07) is 13.1. The van der Waals surface area contributed by atoms with Crippen LogP contribution in [0.3, 0.4) is 0 Å². The van der Waals surface area contributed by atoms with Crippen LogP contribution in [0.1, 0.15) is 55.5 Å². The van der Waals surface area contributed by atoms with E-state index < -0.39 is 10.0 Å². The van der Waals surface area contributed by atoms with Crippen molar-refractivity contribution in [2.75, 3.05) is 11.3 Å². The number of carbonyl (C=O) groups is 1. The molecule has 2 aromatic carbocycles. The van der Waals surface area contributed by atoms with Crippen molar-refractivity contribution in [3.8, 4) is 0 Å². The first-order valence-electron chi connectivity index (χ1n) is 9.83. The van der Waals surface area contributed by atoms with E-state index in [0.29, 0.717) is 23.7 Å². The Kier molecular flexibility index (Phi) is 8.05. The number of nitrogens with one attached hydrogen (secondary N) is 2. The second kappa shape index (κ2) is 10.3. The number of anilines is 1. The van der Waals surface area contributed by atoms with E-state index in [4.69, 9.17) is 0 Å². The standard InChI is InChI=1S/C22H30N2O3S/c1-4-6-7-18(5-2)16-23-22(25)19-10-12-20(13-11-19)24-28(26,27)21-14-8-17(3)9-15-21/h8-15,18,24H,4-7,16H2,1-3H3,(H,23,25)/t18-/m0/s1. The highest BCUT2D eigenvalue weighted by Crippen LogP contribution is 2.17. The Balaban J connectivity index is 1.97. The number of hydrogen-bond donors (Lipinski definition) is 2. The fourth-order valence-corrected chi connectivity index (χ4v) is 3.96. The minimum absolute atomic E-state index is 0.136. The Hall–Kier alpha value is -2.34. The number of aryl methyl sites for hydroxylation is 1. The molecule has 1 amide bonds. The number of sulfonamides is 1. The first kappa shape index (κ1) is 22.0. The first-order valence-corrected chi connectivity index (χ1v) is 11.3. The lowest BCUT2D eigenvalue weighted by molar-refractivity contribution is 0.0946. The summed E-state index contributed by atoms with van der Waals surface area (Å²) < 4.78 is 27.4. The summed E-state index contributed by atoms with van der Waals surface area (Å²) in [5, 5.41) is 2.98. The van der Waals surface area contributed by atoms with Gasteiger partial charge in [0.25, 0.3) is 15.9 Å². The maximum atomic E-state index is 12.4. The topological polar surface area (TPSA) is 75.3 Å². The van der Waals surface area contributed by atoms with Crippen molar-refractivity contribution >= 4 is 21.6 Å². The predicted octanol–water partition coefficient (Wildman–Crippen LogP) is 4.74. The van der Waals surface area contributed by atoms with Crippen LogP contribution in [0.2, 0.25) is 0 Å². The maximum absolute atomic E-state index is 12.4. The molecule has 28 heavy (non-hydrogen) atoms. The van der Waals surface area contributed by atoms with Crippen molar-refractivity contribution in [2.45, 2.75) is 51.3 Å². The highest BCUT2D eigenvalue weighted by Gasteiger charge is 2.14. The van der Waals surface area contributed by atoms with Crippen LogP contribution < -0.4 is 10.0 Å². The lowest BCUT2D eigenvalue weighted by atomic mass is 9.99. The number of amides is 1. The third-order valence-electron chi connectivity index (χ3n) is 4.83. The van der Waals surface area contributed by atoms with Crippen molar-refractivity contribution in [1.29, 1.82) is 0 Å². The van der Waals surface area contributed by atoms with E-state index in [2.05, 4.69) is 23.9 Å². The van der Waals surface area contributed by atoms with E-state index in [1.165, 1.54) is 6.42 Å². The molecule has 0 saturated carbocycles. The summed E-state index contributed by atoms with van der Waals surface area (Å²) in [5.41, 5.74) is 1.93. The zero-order valence-electron chi connectivity index (χ0n) is 16.9. The second-order valence-corrected chi connectivity index (χ2v) is 8.80. The highest BCUT2D eigenvalue weighted by molar-refractivity contribution is 7.92. The van der Waals surface area contributed by atoms with Gasteiger partial charge in [-0.15, -0.1) is 0 Å². The van der Waals surface area contributed by atoms with Crippen molar-refractivity contribution < 1.29 is 13.2 Å². The summed E-state index contributed by atoms with van der Waals surface area (Å²) in [6.07, 6.45) is 4.49. The summed E-state index contributed by atoms with van der Waals surface area (Å²) >= 11 is 0. The van der Waals surface area contributed by atoms with Crippen LogP contribution in [0.5, 0.6) is 0 Å². The molecule has 2 rings (SSSR count). The zero-order chi connectivity index (χ0) is 20.6. The fourth-order valence-electron chi connectivity index (χ4n) is 2.90. The molecule has 0 bridgehead atoms. The largest absolute Gasteiger partial charge is 0.352 e. The van der Waals surface area contributed by atoms with Crippen LogP contribution in [-0.4, -0.2) is 20.9 Å². The quantitative estimate of drug-likeness (QED) is 0.603. The number of hydrogen-bond acceptors (Lipinski definition) is 3. The van der Waals surface area contributed by atoms with Gasteiger partial charge in [-0.05, 0) is 55.7 Å². The molecule has 0 aliphatic heterocycles. The molecule has 0 unspecified atom stereocenters. The van der Waals surface area contributed by atoms with Crippen molar-refractivity contribution in [2.24, 2.45) is 5.92 Å². The second-order valence-electron chi connectivity index (χ2n) is 7.12. The van der Waals surface area contributed by atoms with Crippen LogP contribution in [-0.2, 0) is 10.0 Å². The van der Waals surface area contributed by atoms with Crippen molar-refractivity contribution in [3.05, 3.63) is 59.7 Å². The number of benzene rings is 2.